The Kier molecular flexibility index (Phi) is 4.77. The van der Waals surface area contributed by atoms with E-state index in [4.69, 9.17) is 4.74 Å². The summed E-state index contributed by atoms with van der Waals surface area (Å²) >= 11 is 0. The first-order valence-corrected chi connectivity index (χ1v) is 9.88. The molecule has 0 aromatic heterocycles. The van der Waals surface area contributed by atoms with Crippen molar-refractivity contribution in [2.24, 2.45) is 10.8 Å². The number of phenols is 2. The molecule has 0 bridgehead atoms. The molecule has 2 aromatic rings. The molecule has 1 unspecified atom stereocenters. The average Bonchev–Trinajstić information content (AvgIpc) is 3.01. The zero-order chi connectivity index (χ0) is 20.8. The minimum atomic E-state index is -0.557. The lowest BCUT2D eigenvalue weighted by molar-refractivity contribution is 0.0927. The van der Waals surface area contributed by atoms with Gasteiger partial charge in [-0.25, -0.2) is 4.39 Å². The molecule has 0 amide bonds. The molecule has 2 fully saturated rings. The normalized spacial score (nSPS) is 29.0. The second-order valence-electron chi connectivity index (χ2n) is 8.97. The second-order valence-corrected chi connectivity index (χ2v) is 8.97. The molecule has 2 aliphatic rings. The third kappa shape index (κ3) is 3.57. The molecule has 29 heavy (non-hydrogen) atoms. The Morgan fingerprint density at radius 1 is 1.10 bits per heavy atom. The number of hydrogen-bond donors (Lipinski definition) is 2. The number of fused-ring (bicyclic) bond motifs is 1. The van der Waals surface area contributed by atoms with Crippen molar-refractivity contribution >= 4 is 5.78 Å². The lowest BCUT2D eigenvalue weighted by Crippen LogP contribution is -2.32. The minimum Gasteiger partial charge on any atom is -0.508 e. The number of nitrogens with zero attached hydrogens (tertiary/aromatic N) is 1. The van der Waals surface area contributed by atoms with E-state index >= 15 is 0 Å². The molecule has 1 aliphatic carbocycles. The van der Waals surface area contributed by atoms with Crippen LogP contribution in [0, 0.1) is 16.6 Å². The van der Waals surface area contributed by atoms with Crippen molar-refractivity contribution in [3.63, 3.8) is 0 Å². The number of phenolic OH excluding ortho intramolecular Hbond substituents is 2. The summed E-state index contributed by atoms with van der Waals surface area (Å²) in [6.45, 7) is 6.24. The summed E-state index contributed by atoms with van der Waals surface area (Å²) in [5.74, 6) is -0.647. The van der Waals surface area contributed by atoms with E-state index in [-0.39, 0.29) is 40.0 Å². The summed E-state index contributed by atoms with van der Waals surface area (Å²) < 4.78 is 19.9. The predicted octanol–water partition coefficient (Wildman–Crippen LogP) is 3.99. The first kappa shape index (κ1) is 19.7. The van der Waals surface area contributed by atoms with Crippen molar-refractivity contribution in [1.82, 2.24) is 4.90 Å². The molecule has 1 aliphatic heterocycles. The molecule has 0 radical (unpaired) electrons. The predicted molar refractivity (Wildman–Crippen MR) is 107 cm³/mol. The third-order valence-electron chi connectivity index (χ3n) is 6.75. The first-order valence-electron chi connectivity index (χ1n) is 9.88. The number of ether oxygens (including phenoxy) is 1. The van der Waals surface area contributed by atoms with Crippen LogP contribution in [0.25, 0.3) is 0 Å². The van der Waals surface area contributed by atoms with Gasteiger partial charge in [0, 0.05) is 18.7 Å². The average molecular weight is 399 g/mol. The lowest BCUT2D eigenvalue weighted by atomic mass is 9.71. The SMILES string of the molecule is C[C@@]12CC(Oc3c(O)cccc3F)C[C@]1(C)CN(CC(=O)c1ccc(O)cc1)C2. The number of halogens is 1. The van der Waals surface area contributed by atoms with Gasteiger partial charge in [0.05, 0.1) is 6.54 Å². The van der Waals surface area contributed by atoms with Gasteiger partial charge >= 0.3 is 0 Å². The van der Waals surface area contributed by atoms with E-state index in [1.165, 1.54) is 30.3 Å². The summed E-state index contributed by atoms with van der Waals surface area (Å²) in [6.07, 6.45) is 1.30. The van der Waals surface area contributed by atoms with Gasteiger partial charge in [-0.1, -0.05) is 19.9 Å². The van der Waals surface area contributed by atoms with E-state index in [9.17, 15) is 19.4 Å². The van der Waals surface area contributed by atoms with Gasteiger partial charge in [-0.3, -0.25) is 9.69 Å². The van der Waals surface area contributed by atoms with Gasteiger partial charge in [-0.2, -0.15) is 0 Å². The van der Waals surface area contributed by atoms with Crippen molar-refractivity contribution in [2.45, 2.75) is 32.8 Å². The molecule has 1 saturated heterocycles. The highest BCUT2D eigenvalue weighted by Gasteiger charge is 2.58. The summed E-state index contributed by atoms with van der Waals surface area (Å²) in [7, 11) is 0. The number of rotatable bonds is 5. The van der Waals surface area contributed by atoms with Gasteiger partial charge in [0.25, 0.3) is 0 Å². The Labute approximate surface area is 169 Å². The molecule has 1 heterocycles. The van der Waals surface area contributed by atoms with Crippen LogP contribution in [0.5, 0.6) is 17.2 Å². The van der Waals surface area contributed by atoms with E-state index in [0.717, 1.165) is 25.9 Å². The van der Waals surface area contributed by atoms with Gasteiger partial charge in [0.2, 0.25) is 0 Å². The Balaban J connectivity index is 1.42. The zero-order valence-electron chi connectivity index (χ0n) is 16.7. The van der Waals surface area contributed by atoms with Crippen LogP contribution in [-0.4, -0.2) is 46.6 Å². The third-order valence-corrected chi connectivity index (χ3v) is 6.75. The number of Topliss-reactive ketones (excluding diaryl/α,β-unsaturated/α-hetero) is 1. The van der Waals surface area contributed by atoms with Crippen LogP contribution in [0.3, 0.4) is 0 Å². The van der Waals surface area contributed by atoms with Gasteiger partial charge in [0.1, 0.15) is 11.9 Å². The number of benzene rings is 2. The molecule has 4 rings (SSSR count). The van der Waals surface area contributed by atoms with Crippen molar-refractivity contribution < 1.29 is 24.1 Å². The summed E-state index contributed by atoms with van der Waals surface area (Å²) in [6, 6.07) is 10.5. The van der Waals surface area contributed by atoms with Crippen LogP contribution in [0.2, 0.25) is 0 Å². The number of ketones is 1. The highest BCUT2D eigenvalue weighted by molar-refractivity contribution is 5.97. The number of carbonyl (C=O) groups is 1. The van der Waals surface area contributed by atoms with Crippen LogP contribution in [0.15, 0.2) is 42.5 Å². The van der Waals surface area contributed by atoms with Crippen LogP contribution in [-0.2, 0) is 0 Å². The van der Waals surface area contributed by atoms with Crippen molar-refractivity contribution in [2.75, 3.05) is 19.6 Å². The summed E-state index contributed by atoms with van der Waals surface area (Å²) in [4.78, 5) is 14.8. The number of aromatic hydroxyl groups is 2. The molecule has 154 valence electrons. The van der Waals surface area contributed by atoms with Gasteiger partial charge in [-0.05, 0) is 60.1 Å². The highest BCUT2D eigenvalue weighted by Crippen LogP contribution is 2.58. The molecule has 6 heteroatoms. The van der Waals surface area contributed by atoms with E-state index in [2.05, 4.69) is 18.7 Å². The van der Waals surface area contributed by atoms with Gasteiger partial charge < -0.3 is 14.9 Å². The Hall–Kier alpha value is -2.60. The number of hydrogen-bond acceptors (Lipinski definition) is 5. The first-order chi connectivity index (χ1) is 13.7. The quantitative estimate of drug-likeness (QED) is 0.744. The lowest BCUT2D eigenvalue weighted by Gasteiger charge is -2.32. The minimum absolute atomic E-state index is 0.0289. The fourth-order valence-electron chi connectivity index (χ4n) is 5.04. The Bertz CT molecular complexity index is 891. The van der Waals surface area contributed by atoms with Crippen LogP contribution >= 0.6 is 0 Å². The maximum Gasteiger partial charge on any atom is 0.197 e. The van der Waals surface area contributed by atoms with Crippen molar-refractivity contribution in [3.05, 3.63) is 53.8 Å². The molecular formula is C23H26FNO4. The monoisotopic (exact) mass is 399 g/mol. The summed E-state index contributed by atoms with van der Waals surface area (Å²) in [5, 5.41) is 19.3. The van der Waals surface area contributed by atoms with Crippen molar-refractivity contribution in [1.29, 1.82) is 0 Å². The highest BCUT2D eigenvalue weighted by atomic mass is 19.1. The van der Waals surface area contributed by atoms with E-state index in [1.54, 1.807) is 12.1 Å². The smallest absolute Gasteiger partial charge is 0.197 e. The second kappa shape index (κ2) is 7.02. The number of para-hydroxylation sites is 1. The fraction of sp³-hybridized carbons (Fsp3) is 0.435. The van der Waals surface area contributed by atoms with E-state index in [0.29, 0.717) is 12.1 Å². The topological polar surface area (TPSA) is 70.0 Å². The molecule has 0 spiro atoms. The summed E-state index contributed by atoms with van der Waals surface area (Å²) in [5.41, 5.74) is 0.466. The largest absolute Gasteiger partial charge is 0.508 e. The van der Waals surface area contributed by atoms with Gasteiger partial charge in [0.15, 0.2) is 23.1 Å². The fourth-order valence-corrected chi connectivity index (χ4v) is 5.04. The Morgan fingerprint density at radius 3 is 2.31 bits per heavy atom. The number of likely N-dealkylation sites (tertiary alicyclic amines) is 1. The van der Waals surface area contributed by atoms with Crippen LogP contribution in [0.4, 0.5) is 4.39 Å². The Morgan fingerprint density at radius 2 is 1.72 bits per heavy atom. The number of carbonyl (C=O) groups excluding carboxylic acids is 1. The zero-order valence-corrected chi connectivity index (χ0v) is 16.7. The molecule has 1 saturated carbocycles. The standard InChI is InChI=1S/C23H26FNO4/c1-22-10-17(29-21-18(24)4-3-5-19(21)27)11-23(22,2)14-25(13-22)12-20(28)15-6-8-16(26)9-7-15/h3-9,17,26-27H,10-14H2,1-2H3/t17?,22-,23+. The van der Waals surface area contributed by atoms with Crippen LogP contribution in [0.1, 0.15) is 37.0 Å². The maximum atomic E-state index is 14.0. The molecule has 2 aromatic carbocycles. The maximum absolute atomic E-state index is 14.0. The molecular weight excluding hydrogens is 373 g/mol. The van der Waals surface area contributed by atoms with Crippen molar-refractivity contribution in [3.8, 4) is 17.2 Å². The van der Waals surface area contributed by atoms with Gasteiger partial charge in [-0.15, -0.1) is 0 Å². The van der Waals surface area contributed by atoms with E-state index in [1.807, 2.05) is 0 Å². The molecule has 2 N–H and O–H groups in total. The molecule has 5 nitrogen and oxygen atoms in total. The van der Waals surface area contributed by atoms with Crippen LogP contribution < -0.4 is 4.74 Å². The molecule has 3 atom stereocenters. The van der Waals surface area contributed by atoms with E-state index < -0.39 is 5.82 Å².